The van der Waals surface area contributed by atoms with Gasteiger partial charge in [-0.05, 0) is 0 Å². The quantitative estimate of drug-likeness (QED) is 0.797. The molecule has 68 valence electrons. The van der Waals surface area contributed by atoms with Crippen molar-refractivity contribution in [3.8, 4) is 5.06 Å². The molecule has 12 heavy (non-hydrogen) atoms. The molecule has 0 saturated carbocycles. The summed E-state index contributed by atoms with van der Waals surface area (Å²) in [6.07, 6.45) is -2.03. The van der Waals surface area contributed by atoms with Gasteiger partial charge in [0.2, 0.25) is 5.06 Å². The number of thiazole rings is 1. The van der Waals surface area contributed by atoms with E-state index in [0.29, 0.717) is 11.9 Å². The van der Waals surface area contributed by atoms with Gasteiger partial charge in [0, 0.05) is 6.92 Å². The van der Waals surface area contributed by atoms with E-state index in [9.17, 15) is 8.78 Å². The van der Waals surface area contributed by atoms with Crippen LogP contribution in [0.25, 0.3) is 0 Å². The third-order valence-electron chi connectivity index (χ3n) is 0.947. The van der Waals surface area contributed by atoms with Gasteiger partial charge < -0.3 is 9.84 Å². The molecular formula is C6H7F2NO2S. The average molecular weight is 195 g/mol. The number of aromatic nitrogens is 1. The van der Waals surface area contributed by atoms with Gasteiger partial charge in [-0.15, -0.1) is 0 Å². The van der Waals surface area contributed by atoms with Crippen LogP contribution in [0.3, 0.4) is 0 Å². The molecule has 6 heteroatoms. The van der Waals surface area contributed by atoms with Gasteiger partial charge in [-0.3, -0.25) is 0 Å². The lowest BCUT2D eigenvalue weighted by Gasteiger charge is -2.09. The Morgan fingerprint density at radius 2 is 2.42 bits per heavy atom. The first-order valence-corrected chi connectivity index (χ1v) is 3.95. The molecule has 0 bridgehead atoms. The molecule has 0 radical (unpaired) electrons. The minimum absolute atomic E-state index is 0.00606. The van der Waals surface area contributed by atoms with Crippen LogP contribution >= 0.6 is 11.3 Å². The zero-order valence-corrected chi connectivity index (χ0v) is 7.07. The molecule has 0 saturated heterocycles. The summed E-state index contributed by atoms with van der Waals surface area (Å²) >= 11 is 0.896. The van der Waals surface area contributed by atoms with Crippen molar-refractivity contribution >= 4 is 11.3 Å². The molecule has 1 aromatic heterocycles. The number of hydrogen-bond acceptors (Lipinski definition) is 4. The Bertz CT molecular complexity index is 258. The Labute approximate surface area is 71.6 Å². The summed E-state index contributed by atoms with van der Waals surface area (Å²) in [5, 5.41) is 8.92. The van der Waals surface area contributed by atoms with E-state index < -0.39 is 6.11 Å². The highest BCUT2D eigenvalue weighted by molar-refractivity contribution is 7.13. The van der Waals surface area contributed by atoms with Crippen molar-refractivity contribution in [2.24, 2.45) is 0 Å². The molecule has 0 aromatic carbocycles. The second-order valence-corrected chi connectivity index (χ2v) is 3.22. The molecule has 1 heterocycles. The van der Waals surface area contributed by atoms with Crippen molar-refractivity contribution in [3.63, 3.8) is 0 Å². The average Bonchev–Trinajstić information content (AvgIpc) is 2.32. The molecule has 0 amide bonds. The van der Waals surface area contributed by atoms with Gasteiger partial charge in [-0.25, -0.2) is 4.98 Å². The zero-order chi connectivity index (χ0) is 9.19. The molecule has 0 atom stereocenters. The van der Waals surface area contributed by atoms with Gasteiger partial charge in [0.15, 0.2) is 0 Å². The van der Waals surface area contributed by atoms with E-state index in [1.54, 1.807) is 0 Å². The fourth-order valence-electron chi connectivity index (χ4n) is 0.590. The van der Waals surface area contributed by atoms with Crippen LogP contribution in [0.4, 0.5) is 8.78 Å². The summed E-state index contributed by atoms with van der Waals surface area (Å²) in [7, 11) is 0. The summed E-state index contributed by atoms with van der Waals surface area (Å²) in [5.74, 6) is 0. The van der Waals surface area contributed by atoms with Crippen LogP contribution in [0.15, 0.2) is 6.20 Å². The van der Waals surface area contributed by atoms with E-state index in [0.717, 1.165) is 17.5 Å². The minimum atomic E-state index is -3.20. The normalized spacial score (nSPS) is 11.7. The number of rotatable bonds is 3. The van der Waals surface area contributed by atoms with Crippen molar-refractivity contribution in [2.75, 3.05) is 0 Å². The van der Waals surface area contributed by atoms with Crippen molar-refractivity contribution in [2.45, 2.75) is 19.6 Å². The molecule has 1 aromatic rings. The molecule has 0 spiro atoms. The van der Waals surface area contributed by atoms with Crippen molar-refractivity contribution < 1.29 is 18.6 Å². The molecule has 1 rings (SSSR count). The van der Waals surface area contributed by atoms with Crippen LogP contribution in [0, 0.1) is 0 Å². The fraction of sp³-hybridized carbons (Fsp3) is 0.500. The van der Waals surface area contributed by atoms with Crippen molar-refractivity contribution in [3.05, 3.63) is 11.2 Å². The van der Waals surface area contributed by atoms with E-state index in [4.69, 9.17) is 5.11 Å². The second-order valence-electron chi connectivity index (χ2n) is 2.14. The number of hydrogen-bond donors (Lipinski definition) is 1. The van der Waals surface area contributed by atoms with Gasteiger partial charge >= 0.3 is 6.11 Å². The number of ether oxygens (including phenoxy) is 1. The first-order chi connectivity index (χ1) is 5.51. The molecule has 0 aliphatic carbocycles. The number of aliphatic hydroxyl groups excluding tert-OH is 1. The van der Waals surface area contributed by atoms with Gasteiger partial charge in [0.05, 0.1) is 12.8 Å². The Hall–Kier alpha value is -0.750. The highest BCUT2D eigenvalue weighted by Gasteiger charge is 2.24. The molecule has 3 nitrogen and oxygen atoms in total. The Morgan fingerprint density at radius 3 is 2.83 bits per heavy atom. The first-order valence-electron chi connectivity index (χ1n) is 3.13. The van der Waals surface area contributed by atoms with E-state index in [1.165, 1.54) is 0 Å². The molecule has 0 fully saturated rings. The Balaban J connectivity index is 2.64. The number of alkyl halides is 2. The number of aliphatic hydroxyl groups is 1. The number of halogens is 2. The van der Waals surface area contributed by atoms with E-state index in [-0.39, 0.29) is 11.7 Å². The maximum Gasteiger partial charge on any atom is 0.395 e. The van der Waals surface area contributed by atoms with E-state index in [2.05, 4.69) is 9.72 Å². The SMILES string of the molecule is CC(F)(F)Oc1cnc(CO)s1. The summed E-state index contributed by atoms with van der Waals surface area (Å²) in [5.41, 5.74) is 0. The molecule has 0 unspecified atom stereocenters. The Morgan fingerprint density at radius 1 is 1.75 bits per heavy atom. The summed E-state index contributed by atoms with van der Waals surface area (Å²) < 4.78 is 28.6. The standard InChI is InChI=1S/C6H7F2NO2S/c1-6(7,8)11-5-2-9-4(3-10)12-5/h2,10H,3H2,1H3. The minimum Gasteiger partial charge on any atom is -0.421 e. The molecule has 0 aliphatic rings. The molecular weight excluding hydrogens is 188 g/mol. The maximum absolute atomic E-state index is 12.2. The summed E-state index contributed by atoms with van der Waals surface area (Å²) in [6.45, 7) is 0.384. The third kappa shape index (κ3) is 2.71. The van der Waals surface area contributed by atoms with Crippen LogP contribution in [0.2, 0.25) is 0 Å². The largest absolute Gasteiger partial charge is 0.421 e. The van der Waals surface area contributed by atoms with Crippen molar-refractivity contribution in [1.82, 2.24) is 4.98 Å². The van der Waals surface area contributed by atoms with Crippen LogP contribution in [0.1, 0.15) is 11.9 Å². The lowest BCUT2D eigenvalue weighted by molar-refractivity contribution is -0.157. The molecule has 1 N–H and O–H groups in total. The van der Waals surface area contributed by atoms with Crippen molar-refractivity contribution in [1.29, 1.82) is 0 Å². The summed E-state index contributed by atoms with van der Waals surface area (Å²) in [4.78, 5) is 3.63. The van der Waals surface area contributed by atoms with Crippen LogP contribution < -0.4 is 4.74 Å². The zero-order valence-electron chi connectivity index (χ0n) is 6.25. The topological polar surface area (TPSA) is 42.4 Å². The van der Waals surface area contributed by atoms with Gasteiger partial charge in [-0.2, -0.15) is 8.78 Å². The monoisotopic (exact) mass is 195 g/mol. The van der Waals surface area contributed by atoms with Crippen LogP contribution in [0.5, 0.6) is 5.06 Å². The maximum atomic E-state index is 12.2. The molecule has 0 aliphatic heterocycles. The second kappa shape index (κ2) is 3.32. The highest BCUT2D eigenvalue weighted by Crippen LogP contribution is 2.26. The lowest BCUT2D eigenvalue weighted by atomic mass is 10.7. The van der Waals surface area contributed by atoms with Crippen LogP contribution in [-0.2, 0) is 6.61 Å². The number of nitrogens with zero attached hydrogens (tertiary/aromatic N) is 1. The van der Waals surface area contributed by atoms with E-state index >= 15 is 0 Å². The van der Waals surface area contributed by atoms with Gasteiger partial charge in [0.25, 0.3) is 0 Å². The highest BCUT2D eigenvalue weighted by atomic mass is 32.1. The fourth-order valence-corrected chi connectivity index (χ4v) is 1.29. The van der Waals surface area contributed by atoms with Crippen LogP contribution in [-0.4, -0.2) is 16.2 Å². The van der Waals surface area contributed by atoms with E-state index in [1.807, 2.05) is 0 Å². The van der Waals surface area contributed by atoms with Gasteiger partial charge in [-0.1, -0.05) is 11.3 Å². The predicted octanol–water partition coefficient (Wildman–Crippen LogP) is 1.63. The smallest absolute Gasteiger partial charge is 0.395 e. The Kier molecular flexibility index (Phi) is 2.58. The summed E-state index contributed by atoms with van der Waals surface area (Å²) in [6, 6.07) is 0. The third-order valence-corrected chi connectivity index (χ3v) is 1.81. The first kappa shape index (κ1) is 9.34. The van der Waals surface area contributed by atoms with Gasteiger partial charge in [0.1, 0.15) is 5.01 Å². The lowest BCUT2D eigenvalue weighted by Crippen LogP contribution is -2.18. The predicted molar refractivity (Wildman–Crippen MR) is 39.3 cm³/mol.